The van der Waals surface area contributed by atoms with Gasteiger partial charge in [0.15, 0.2) is 0 Å². The fraction of sp³-hybridized carbons (Fsp3) is 0.750. The lowest BCUT2D eigenvalue weighted by Gasteiger charge is -2.26. The van der Waals surface area contributed by atoms with Gasteiger partial charge in [0.1, 0.15) is 6.04 Å². The molecule has 1 rings (SSSR count). The van der Waals surface area contributed by atoms with Crippen molar-refractivity contribution in [2.24, 2.45) is 5.92 Å². The number of carbonyl (C=O) groups excluding carboxylic acids is 2. The molecule has 6 heteroatoms. The number of nitrogens with zero attached hydrogens (tertiary/aromatic N) is 2. The van der Waals surface area contributed by atoms with E-state index in [1.165, 1.54) is 11.9 Å². The number of hydrogen-bond donors (Lipinski definition) is 1. The summed E-state index contributed by atoms with van der Waals surface area (Å²) in [6.45, 7) is 4.57. The molecule has 0 aromatic carbocycles. The van der Waals surface area contributed by atoms with Crippen molar-refractivity contribution in [1.29, 1.82) is 0 Å². The molecule has 1 aliphatic rings. The molecule has 0 aliphatic carbocycles. The third kappa shape index (κ3) is 2.80. The molecule has 6 nitrogen and oxygen atoms in total. The zero-order chi connectivity index (χ0) is 13.9. The summed E-state index contributed by atoms with van der Waals surface area (Å²) >= 11 is 0. The van der Waals surface area contributed by atoms with Crippen molar-refractivity contribution in [1.82, 2.24) is 9.80 Å². The summed E-state index contributed by atoms with van der Waals surface area (Å²) in [5.41, 5.74) is 0. The minimum Gasteiger partial charge on any atom is -0.480 e. The quantitative estimate of drug-likeness (QED) is 0.761. The van der Waals surface area contributed by atoms with E-state index in [9.17, 15) is 14.4 Å². The fourth-order valence-electron chi connectivity index (χ4n) is 2.30. The van der Waals surface area contributed by atoms with E-state index < -0.39 is 17.9 Å². The van der Waals surface area contributed by atoms with E-state index in [1.807, 2.05) is 6.92 Å². The molecule has 2 unspecified atom stereocenters. The van der Waals surface area contributed by atoms with Crippen LogP contribution in [0.5, 0.6) is 0 Å². The highest BCUT2D eigenvalue weighted by Gasteiger charge is 2.37. The van der Waals surface area contributed by atoms with Gasteiger partial charge in [-0.15, -0.1) is 0 Å². The number of aliphatic carboxylic acids is 1. The van der Waals surface area contributed by atoms with Gasteiger partial charge in [0.2, 0.25) is 11.8 Å². The van der Waals surface area contributed by atoms with Gasteiger partial charge in [-0.2, -0.15) is 0 Å². The fourth-order valence-corrected chi connectivity index (χ4v) is 2.30. The summed E-state index contributed by atoms with van der Waals surface area (Å²) in [5, 5.41) is 9.01. The molecule has 0 spiro atoms. The van der Waals surface area contributed by atoms with Crippen LogP contribution < -0.4 is 0 Å². The molecule has 0 bridgehead atoms. The number of likely N-dealkylation sites (N-methyl/N-ethyl adjacent to an activating group) is 1. The molecule has 1 saturated heterocycles. The number of likely N-dealkylation sites (tertiary alicyclic amines) is 1. The number of rotatable bonds is 5. The van der Waals surface area contributed by atoms with Gasteiger partial charge < -0.3 is 14.9 Å². The first-order valence-electron chi connectivity index (χ1n) is 6.19. The normalized spacial score (nSPS) is 20.9. The van der Waals surface area contributed by atoms with E-state index >= 15 is 0 Å². The first-order valence-corrected chi connectivity index (χ1v) is 6.19. The minimum atomic E-state index is -1.01. The van der Waals surface area contributed by atoms with Crippen LogP contribution in [0.25, 0.3) is 0 Å². The Kier molecular flexibility index (Phi) is 4.69. The number of carboxylic acids is 1. The molecule has 2 amide bonds. The maximum Gasteiger partial charge on any atom is 0.326 e. The molecule has 1 heterocycles. The Labute approximate surface area is 107 Å². The molecule has 18 heavy (non-hydrogen) atoms. The standard InChI is InChI=1S/C12H20N2O4/c1-4-9(12(17)18)13(3)11(16)8-6-10(15)14(5-2)7-8/h8-9H,4-7H2,1-3H3,(H,17,18). The zero-order valence-electron chi connectivity index (χ0n) is 11.0. The number of hydrogen-bond acceptors (Lipinski definition) is 3. The van der Waals surface area contributed by atoms with Gasteiger partial charge in [-0.05, 0) is 13.3 Å². The predicted octanol–water partition coefficient (Wildman–Crippen LogP) is 0.176. The second kappa shape index (κ2) is 5.84. The Hall–Kier alpha value is -1.59. The number of carbonyl (C=O) groups is 3. The zero-order valence-corrected chi connectivity index (χ0v) is 11.0. The summed E-state index contributed by atoms with van der Waals surface area (Å²) in [7, 11) is 1.49. The minimum absolute atomic E-state index is 0.0346. The Bertz CT molecular complexity index is 356. The maximum absolute atomic E-state index is 12.1. The summed E-state index contributed by atoms with van der Waals surface area (Å²) in [6.07, 6.45) is 0.544. The molecule has 1 N–H and O–H groups in total. The Morgan fingerprint density at radius 1 is 1.50 bits per heavy atom. The lowest BCUT2D eigenvalue weighted by molar-refractivity contribution is -0.150. The topological polar surface area (TPSA) is 77.9 Å². The van der Waals surface area contributed by atoms with E-state index in [4.69, 9.17) is 5.11 Å². The van der Waals surface area contributed by atoms with Gasteiger partial charge in [0.25, 0.3) is 0 Å². The molecule has 0 aromatic heterocycles. The second-order valence-corrected chi connectivity index (χ2v) is 4.54. The average Bonchev–Trinajstić information content (AvgIpc) is 2.69. The number of amides is 2. The van der Waals surface area contributed by atoms with Crippen LogP contribution >= 0.6 is 0 Å². The van der Waals surface area contributed by atoms with E-state index in [0.717, 1.165) is 0 Å². The van der Waals surface area contributed by atoms with E-state index in [1.54, 1.807) is 11.8 Å². The van der Waals surface area contributed by atoms with Crippen LogP contribution in [0.15, 0.2) is 0 Å². The average molecular weight is 256 g/mol. The second-order valence-electron chi connectivity index (χ2n) is 4.54. The molecule has 1 fully saturated rings. The Morgan fingerprint density at radius 3 is 2.50 bits per heavy atom. The van der Waals surface area contributed by atoms with Gasteiger partial charge in [0, 0.05) is 26.6 Å². The van der Waals surface area contributed by atoms with Gasteiger partial charge >= 0.3 is 5.97 Å². The van der Waals surface area contributed by atoms with Crippen LogP contribution in [-0.2, 0) is 14.4 Å². The summed E-state index contributed by atoms with van der Waals surface area (Å²) in [5.74, 6) is -1.71. The van der Waals surface area contributed by atoms with Crippen LogP contribution in [0.2, 0.25) is 0 Å². The van der Waals surface area contributed by atoms with Crippen LogP contribution in [0.1, 0.15) is 26.7 Å². The predicted molar refractivity (Wildman–Crippen MR) is 64.8 cm³/mol. The first kappa shape index (κ1) is 14.5. The van der Waals surface area contributed by atoms with E-state index in [0.29, 0.717) is 19.5 Å². The molecule has 102 valence electrons. The highest BCUT2D eigenvalue weighted by Crippen LogP contribution is 2.20. The molecular formula is C12H20N2O4. The molecule has 0 aromatic rings. The number of carboxylic acid groups (broad SMARTS) is 1. The van der Waals surface area contributed by atoms with Crippen molar-refractivity contribution in [3.05, 3.63) is 0 Å². The molecule has 2 atom stereocenters. The Morgan fingerprint density at radius 2 is 2.11 bits per heavy atom. The van der Waals surface area contributed by atoms with E-state index in [-0.39, 0.29) is 18.2 Å². The van der Waals surface area contributed by atoms with Crippen LogP contribution in [-0.4, -0.2) is 58.9 Å². The van der Waals surface area contributed by atoms with E-state index in [2.05, 4.69) is 0 Å². The molecule has 1 aliphatic heterocycles. The van der Waals surface area contributed by atoms with Crippen LogP contribution in [0, 0.1) is 5.92 Å². The van der Waals surface area contributed by atoms with Gasteiger partial charge in [-0.1, -0.05) is 6.92 Å². The van der Waals surface area contributed by atoms with Crippen molar-refractivity contribution in [3.63, 3.8) is 0 Å². The lowest BCUT2D eigenvalue weighted by atomic mass is 10.1. The monoisotopic (exact) mass is 256 g/mol. The van der Waals surface area contributed by atoms with Crippen molar-refractivity contribution in [3.8, 4) is 0 Å². The van der Waals surface area contributed by atoms with Crippen molar-refractivity contribution in [2.75, 3.05) is 20.1 Å². The molecular weight excluding hydrogens is 236 g/mol. The van der Waals surface area contributed by atoms with Gasteiger partial charge in [0.05, 0.1) is 5.92 Å². The van der Waals surface area contributed by atoms with Gasteiger partial charge in [-0.25, -0.2) is 4.79 Å². The van der Waals surface area contributed by atoms with Crippen LogP contribution in [0.4, 0.5) is 0 Å². The van der Waals surface area contributed by atoms with Crippen molar-refractivity contribution in [2.45, 2.75) is 32.7 Å². The third-order valence-electron chi connectivity index (χ3n) is 3.43. The van der Waals surface area contributed by atoms with Gasteiger partial charge in [-0.3, -0.25) is 9.59 Å². The third-order valence-corrected chi connectivity index (χ3v) is 3.43. The smallest absolute Gasteiger partial charge is 0.326 e. The first-order chi connectivity index (χ1) is 8.42. The van der Waals surface area contributed by atoms with Crippen LogP contribution in [0.3, 0.4) is 0 Å². The highest BCUT2D eigenvalue weighted by molar-refractivity contribution is 5.91. The maximum atomic E-state index is 12.1. The summed E-state index contributed by atoms with van der Waals surface area (Å²) in [4.78, 5) is 37.6. The lowest BCUT2D eigenvalue weighted by Crippen LogP contribution is -2.45. The highest BCUT2D eigenvalue weighted by atomic mass is 16.4. The summed E-state index contributed by atoms with van der Waals surface area (Å²) in [6, 6.07) is -0.816. The molecule has 0 saturated carbocycles. The molecule has 0 radical (unpaired) electrons. The summed E-state index contributed by atoms with van der Waals surface area (Å²) < 4.78 is 0. The SMILES string of the molecule is CCC(C(=O)O)N(C)C(=O)C1CC(=O)N(CC)C1. The van der Waals surface area contributed by atoms with Crippen molar-refractivity contribution < 1.29 is 19.5 Å². The Balaban J connectivity index is 2.70. The van der Waals surface area contributed by atoms with Crippen molar-refractivity contribution >= 4 is 17.8 Å². The largest absolute Gasteiger partial charge is 0.480 e.